The average molecular weight is 951 g/mol. The van der Waals surface area contributed by atoms with E-state index in [0.29, 0.717) is 0 Å². The number of aromatic nitrogens is 2. The van der Waals surface area contributed by atoms with Crippen molar-refractivity contribution in [2.75, 3.05) is 32.0 Å². The molecule has 0 aliphatic heterocycles. The van der Waals surface area contributed by atoms with Crippen molar-refractivity contribution < 1.29 is 72.5 Å². The molecular weight excluding hydrogens is 919 g/mol. The van der Waals surface area contributed by atoms with Crippen LogP contribution in [-0.2, 0) is 17.1 Å². The van der Waals surface area contributed by atoms with Crippen molar-refractivity contribution in [3.05, 3.63) is 179 Å². The Balaban J connectivity index is 0.000000203. The summed E-state index contributed by atoms with van der Waals surface area (Å²) in [6, 6.07) is 24.8. The lowest BCUT2D eigenvalue weighted by Crippen LogP contribution is -2.14. The first-order valence-electron chi connectivity index (χ1n) is 19.6. The fourth-order valence-electron chi connectivity index (χ4n) is 7.23. The van der Waals surface area contributed by atoms with Gasteiger partial charge in [0.1, 0.15) is 11.3 Å². The van der Waals surface area contributed by atoms with Gasteiger partial charge in [-0.25, -0.2) is 22.4 Å². The van der Waals surface area contributed by atoms with Crippen molar-refractivity contribution in [1.82, 2.24) is 8.80 Å². The van der Waals surface area contributed by atoms with Crippen LogP contribution in [0, 0.1) is 23.3 Å². The Morgan fingerprint density at radius 1 is 0.544 bits per heavy atom. The minimum Gasteiger partial charge on any atom is -0.495 e. The number of nitrogens with one attached hydrogen (secondary N) is 2. The van der Waals surface area contributed by atoms with Crippen LogP contribution in [0.3, 0.4) is 0 Å². The van der Waals surface area contributed by atoms with Crippen LogP contribution in [0.4, 0.5) is 55.3 Å². The predicted octanol–water partition coefficient (Wildman–Crippen LogP) is 12.1. The topological polar surface area (TPSA) is 112 Å². The number of halogens is 10. The molecule has 0 aliphatic carbocycles. The molecule has 2 N–H and O–H groups in total. The second-order valence-corrected chi connectivity index (χ2v) is 14.4. The fourth-order valence-corrected chi connectivity index (χ4v) is 7.23. The molecule has 68 heavy (non-hydrogen) atoms. The van der Waals surface area contributed by atoms with Gasteiger partial charge in [-0.1, -0.05) is 36.4 Å². The van der Waals surface area contributed by atoms with Crippen LogP contribution in [0.2, 0.25) is 0 Å². The van der Waals surface area contributed by atoms with Crippen LogP contribution < -0.4 is 20.1 Å². The molecule has 10 nitrogen and oxygen atoms in total. The number of benzene rings is 4. The summed E-state index contributed by atoms with van der Waals surface area (Å²) in [6.45, 7) is 0. The van der Waals surface area contributed by atoms with Gasteiger partial charge in [-0.2, -0.15) is 26.3 Å². The second kappa shape index (κ2) is 18.9. The third kappa shape index (κ3) is 9.37. The maximum atomic E-state index is 14.0. The Morgan fingerprint density at radius 2 is 1.04 bits per heavy atom. The van der Waals surface area contributed by atoms with Gasteiger partial charge in [0, 0.05) is 23.1 Å². The maximum Gasteiger partial charge on any atom is 0.418 e. The molecule has 350 valence electrons. The Bertz CT molecular complexity index is 3220. The summed E-state index contributed by atoms with van der Waals surface area (Å²) in [6.07, 6.45) is -7.88. The van der Waals surface area contributed by atoms with Crippen LogP contribution in [0.1, 0.15) is 42.2 Å². The summed E-state index contributed by atoms with van der Waals surface area (Å²) < 4.78 is 155. The number of esters is 1. The van der Waals surface area contributed by atoms with Gasteiger partial charge in [0.15, 0.2) is 23.3 Å². The molecule has 8 aromatic rings. The number of ether oxygens (including phenoxy) is 3. The summed E-state index contributed by atoms with van der Waals surface area (Å²) in [4.78, 5) is 36.8. The van der Waals surface area contributed by atoms with E-state index in [4.69, 9.17) is 14.2 Å². The fraction of sp³-hybridized carbons (Fsp3) is 0.104. The number of hydrogen-bond donors (Lipinski definition) is 2. The summed E-state index contributed by atoms with van der Waals surface area (Å²) in [5.74, 6) is -7.48. The molecule has 0 saturated heterocycles. The number of pyridine rings is 2. The molecule has 0 spiro atoms. The van der Waals surface area contributed by atoms with E-state index in [1.165, 1.54) is 97.6 Å². The van der Waals surface area contributed by atoms with Crippen LogP contribution in [0.5, 0.6) is 11.6 Å². The van der Waals surface area contributed by atoms with Gasteiger partial charge >= 0.3 is 18.3 Å². The normalized spacial score (nSPS) is 11.5. The second-order valence-electron chi connectivity index (χ2n) is 14.4. The van der Waals surface area contributed by atoms with Crippen LogP contribution in [0.25, 0.3) is 33.5 Å². The molecule has 8 rings (SSSR count). The van der Waals surface area contributed by atoms with Crippen molar-refractivity contribution in [3.8, 4) is 34.1 Å². The third-order valence-electron chi connectivity index (χ3n) is 10.3. The summed E-state index contributed by atoms with van der Waals surface area (Å²) in [5, 5.41) is 4.78. The minimum absolute atomic E-state index is 0.0811. The number of alkyl halides is 6. The summed E-state index contributed by atoms with van der Waals surface area (Å²) >= 11 is 0. The standard InChI is InChI=1S/C25H17F5N2O4.C23H15F5N2O2/c1-35-23-17(24(34)36-2)11-10-15-12-18(25(28,29)30)21(32(15)23)13-6-8-14(9-7-13)31-22(33)16-4-3-5-19(26)20(16)27;1-32-19-6-3-11-30-18(19)12-16(23(26,27)28)21(30)13-7-9-14(10-8-13)29-22(31)15-4-2-5-17(24)20(15)25/h3-12H,1-2H3,(H,31,33);2-12H,1H3,(H,29,31). The zero-order chi connectivity index (χ0) is 49.2. The van der Waals surface area contributed by atoms with Gasteiger partial charge in [-0.15, -0.1) is 0 Å². The number of rotatable bonds is 9. The van der Waals surface area contributed by atoms with Crippen molar-refractivity contribution in [3.63, 3.8) is 0 Å². The maximum absolute atomic E-state index is 14.0. The number of carbonyl (C=O) groups excluding carboxylic acids is 3. The Kier molecular flexibility index (Phi) is 13.2. The van der Waals surface area contributed by atoms with Gasteiger partial charge in [0.2, 0.25) is 5.88 Å². The number of carbonyl (C=O) groups is 3. The van der Waals surface area contributed by atoms with Crippen LogP contribution >= 0.6 is 0 Å². The van der Waals surface area contributed by atoms with Crippen LogP contribution in [0.15, 0.2) is 128 Å². The van der Waals surface area contributed by atoms with E-state index in [1.807, 2.05) is 0 Å². The van der Waals surface area contributed by atoms with Gasteiger partial charge in [-0.05, 0) is 96.1 Å². The number of fused-ring (bicyclic) bond motifs is 2. The van der Waals surface area contributed by atoms with E-state index in [1.54, 1.807) is 12.1 Å². The molecule has 4 heterocycles. The molecule has 0 saturated carbocycles. The first kappa shape index (κ1) is 47.7. The van der Waals surface area contributed by atoms with E-state index in [9.17, 15) is 58.3 Å². The molecule has 0 radical (unpaired) electrons. The largest absolute Gasteiger partial charge is 0.495 e. The highest BCUT2D eigenvalue weighted by molar-refractivity contribution is 6.05. The van der Waals surface area contributed by atoms with E-state index in [2.05, 4.69) is 10.6 Å². The van der Waals surface area contributed by atoms with Gasteiger partial charge in [0.05, 0.1) is 60.5 Å². The zero-order valence-electron chi connectivity index (χ0n) is 35.2. The van der Waals surface area contributed by atoms with Crippen molar-refractivity contribution in [1.29, 1.82) is 0 Å². The molecule has 20 heteroatoms. The van der Waals surface area contributed by atoms with E-state index in [-0.39, 0.29) is 62.1 Å². The number of methoxy groups -OCH3 is 3. The van der Waals surface area contributed by atoms with Gasteiger partial charge < -0.3 is 29.2 Å². The van der Waals surface area contributed by atoms with Gasteiger partial charge in [0.25, 0.3) is 11.8 Å². The monoisotopic (exact) mass is 950 g/mol. The Hall–Kier alpha value is -8.29. The van der Waals surface area contributed by atoms with Crippen molar-refractivity contribution >= 4 is 40.2 Å². The average Bonchev–Trinajstić information content (AvgIpc) is 3.92. The van der Waals surface area contributed by atoms with E-state index < -0.39 is 75.7 Å². The zero-order valence-corrected chi connectivity index (χ0v) is 35.2. The highest BCUT2D eigenvalue weighted by atomic mass is 19.4. The predicted molar refractivity (Wildman–Crippen MR) is 229 cm³/mol. The summed E-state index contributed by atoms with van der Waals surface area (Å²) in [7, 11) is 3.71. The number of nitrogens with zero attached hydrogens (tertiary/aromatic N) is 2. The van der Waals surface area contributed by atoms with Crippen molar-refractivity contribution in [2.45, 2.75) is 12.4 Å². The highest BCUT2D eigenvalue weighted by Crippen LogP contribution is 2.43. The Labute approximate surface area is 377 Å². The molecule has 4 aromatic heterocycles. The Morgan fingerprint density at radius 3 is 1.51 bits per heavy atom. The SMILES string of the molecule is COC(=O)c1ccc2cc(C(F)(F)F)c(-c3ccc(NC(=O)c4cccc(F)c4F)cc3)n2c1OC.COc1cccn2c(-c3ccc(NC(=O)c4cccc(F)c4F)cc3)c(C(F)(F)F)cc12. The molecule has 0 atom stereocenters. The summed E-state index contributed by atoms with van der Waals surface area (Å²) in [5.41, 5.74) is -2.33. The number of amides is 2. The number of hydrogen-bond acceptors (Lipinski definition) is 6. The van der Waals surface area contributed by atoms with E-state index >= 15 is 0 Å². The lowest BCUT2D eigenvalue weighted by Gasteiger charge is -2.15. The van der Waals surface area contributed by atoms with Gasteiger partial charge in [-0.3, -0.25) is 14.0 Å². The van der Waals surface area contributed by atoms with Crippen LogP contribution in [-0.4, -0.2) is 47.9 Å². The molecule has 0 unspecified atom stereocenters. The first-order valence-corrected chi connectivity index (χ1v) is 19.6. The first-order chi connectivity index (χ1) is 32.3. The molecule has 0 aliphatic rings. The van der Waals surface area contributed by atoms with E-state index in [0.717, 1.165) is 47.9 Å². The quantitative estimate of drug-likeness (QED) is 0.110. The molecule has 0 bridgehead atoms. The smallest absolute Gasteiger partial charge is 0.418 e. The molecule has 4 aromatic carbocycles. The lowest BCUT2D eigenvalue weighted by molar-refractivity contribution is -0.137. The van der Waals surface area contributed by atoms with Crippen molar-refractivity contribution in [2.24, 2.45) is 0 Å². The molecular formula is C48H32F10N4O6. The molecule has 0 fully saturated rings. The minimum atomic E-state index is -4.75. The lowest BCUT2D eigenvalue weighted by atomic mass is 10.1. The third-order valence-corrected chi connectivity index (χ3v) is 10.3. The highest BCUT2D eigenvalue weighted by Gasteiger charge is 2.38. The number of anilines is 2. The molecule has 2 amide bonds.